The molecule has 92 heavy (non-hydrogen) atoms. The van der Waals surface area contributed by atoms with E-state index in [1.165, 1.54) is 99.3 Å². The number of ether oxygens (including phenoxy) is 1. The molecule has 4 fully saturated rings. The van der Waals surface area contributed by atoms with Crippen LogP contribution in [0.2, 0.25) is 0 Å². The average molecular weight is 1240 g/mol. The van der Waals surface area contributed by atoms with Crippen LogP contribution in [0, 0.1) is 0 Å². The molecule has 0 unspecified atom stereocenters. The van der Waals surface area contributed by atoms with Crippen LogP contribution in [0.4, 0.5) is 10.5 Å². The van der Waals surface area contributed by atoms with E-state index in [4.69, 9.17) is 21.9 Å². The number of nitrogens with one attached hydrogen (secondary N) is 1. The number of likely N-dealkylation sites (tertiary alicyclic amines) is 1. The van der Waals surface area contributed by atoms with E-state index in [-0.39, 0.29) is 17.6 Å². The van der Waals surface area contributed by atoms with Gasteiger partial charge in [0.1, 0.15) is 16.6 Å². The Balaban J connectivity index is 0.000000130. The Kier molecular flexibility index (Phi) is 20.2. The summed E-state index contributed by atoms with van der Waals surface area (Å²) in [6.07, 6.45) is 23.3. The number of carboxylic acids is 1. The molecule has 2 saturated carbocycles. The van der Waals surface area contributed by atoms with Crippen LogP contribution in [-0.2, 0) is 4.74 Å². The first-order chi connectivity index (χ1) is 44.5. The first-order valence-electron chi connectivity index (χ1n) is 32.6. The number of aromatic carboxylic acids is 1. The summed E-state index contributed by atoms with van der Waals surface area (Å²) in [6.45, 7) is 9.18. The number of rotatable bonds is 10. The molecule has 7 aromatic carbocycles. The number of piperidine rings is 2. The first-order valence-corrected chi connectivity index (χ1v) is 32.6. The summed E-state index contributed by atoms with van der Waals surface area (Å²) in [5.41, 5.74) is 28.3. The summed E-state index contributed by atoms with van der Waals surface area (Å²) in [5.74, 6) is 0.458. The fraction of sp³-hybridized carbons (Fsp3) is 0.347. The number of carbonyl (C=O) groups is 4. The number of anilines is 1. The van der Waals surface area contributed by atoms with Crippen LogP contribution in [0.1, 0.15) is 188 Å². The third kappa shape index (κ3) is 15.6. The Hall–Kier alpha value is -9.61. The van der Waals surface area contributed by atoms with Crippen LogP contribution >= 0.6 is 0 Å². The number of hydrogen-bond donors (Lipinski definition) is 5. The maximum Gasteiger partial charge on any atom is 0.410 e. The molecule has 17 nitrogen and oxygen atoms in total. The van der Waals surface area contributed by atoms with Crippen molar-refractivity contribution >= 4 is 62.3 Å². The number of aromatic nitrogens is 6. The van der Waals surface area contributed by atoms with Crippen molar-refractivity contribution in [3.63, 3.8) is 0 Å². The monoisotopic (exact) mass is 1240 g/mol. The number of nitrogens with zero attached hydrogens (tertiary/aromatic N) is 7. The van der Waals surface area contributed by atoms with Crippen LogP contribution in [-0.4, -0.2) is 95.0 Å². The number of carbonyl (C=O) groups excluding carboxylic acids is 3. The van der Waals surface area contributed by atoms with Gasteiger partial charge in [0.15, 0.2) is 0 Å². The second-order valence-electron chi connectivity index (χ2n) is 25.9. The average Bonchev–Trinajstić information content (AvgIpc) is 1.87. The van der Waals surface area contributed by atoms with E-state index in [0.717, 1.165) is 82.8 Å². The third-order valence-electron chi connectivity index (χ3n) is 18.3. The molecule has 0 spiro atoms. The highest BCUT2D eigenvalue weighted by atomic mass is 16.6. The second-order valence-corrected chi connectivity index (χ2v) is 25.9. The molecule has 2 atom stereocenters. The van der Waals surface area contributed by atoms with E-state index >= 15 is 0 Å². The number of nitrogen functional groups attached to an aromatic ring is 1. The largest absolute Gasteiger partial charge is 0.478 e. The lowest BCUT2D eigenvalue weighted by atomic mass is 9.84. The second kappa shape index (κ2) is 29.1. The number of carboxylic acid groups (broad SMARTS) is 1. The Morgan fingerprint density at radius 3 is 1.49 bits per heavy atom. The van der Waals surface area contributed by atoms with Gasteiger partial charge in [-0.3, -0.25) is 9.59 Å². The summed E-state index contributed by atoms with van der Waals surface area (Å²) < 4.78 is 10.9. The highest BCUT2D eigenvalue weighted by Gasteiger charge is 2.29. The van der Waals surface area contributed by atoms with E-state index in [9.17, 15) is 24.3 Å². The Morgan fingerprint density at radius 1 is 0.522 bits per heavy atom. The van der Waals surface area contributed by atoms with Crippen molar-refractivity contribution in [1.29, 1.82) is 0 Å². The molecule has 4 aliphatic rings. The molecule has 5 heterocycles. The van der Waals surface area contributed by atoms with E-state index in [1.807, 2.05) is 81.7 Å². The van der Waals surface area contributed by atoms with Crippen LogP contribution in [0.5, 0.6) is 0 Å². The number of fused-ring (bicyclic) bond motifs is 3. The quantitative estimate of drug-likeness (QED) is 0.0806. The van der Waals surface area contributed by atoms with Gasteiger partial charge in [0.25, 0.3) is 11.8 Å². The number of amides is 3. The number of benzene rings is 7. The summed E-state index contributed by atoms with van der Waals surface area (Å²) in [5, 5.41) is 28.8. The van der Waals surface area contributed by atoms with Crippen molar-refractivity contribution in [2.45, 2.75) is 140 Å². The van der Waals surface area contributed by atoms with Crippen LogP contribution in [0.15, 0.2) is 170 Å². The minimum Gasteiger partial charge on any atom is -0.478 e. The van der Waals surface area contributed by atoms with Gasteiger partial charge in [-0.25, -0.2) is 23.6 Å². The lowest BCUT2D eigenvalue weighted by molar-refractivity contribution is 0.0198. The van der Waals surface area contributed by atoms with Gasteiger partial charge in [0.2, 0.25) is 0 Å². The maximum absolute atomic E-state index is 12.4. The van der Waals surface area contributed by atoms with Crippen LogP contribution in [0.3, 0.4) is 0 Å². The summed E-state index contributed by atoms with van der Waals surface area (Å²) in [7, 11) is 0. The van der Waals surface area contributed by atoms with Crippen molar-refractivity contribution in [3.8, 4) is 17.1 Å². The number of nitrogens with two attached hydrogens (primary N) is 3. The Morgan fingerprint density at radius 2 is 0.978 bits per heavy atom. The highest BCUT2D eigenvalue weighted by molar-refractivity contribution is 6.06. The molecule has 0 radical (unpaired) electrons. The molecule has 2 aliphatic heterocycles. The fourth-order valence-electron chi connectivity index (χ4n) is 13.4. The molecular formula is C75H85N11O6. The van der Waals surface area contributed by atoms with Crippen LogP contribution < -0.4 is 22.5 Å². The van der Waals surface area contributed by atoms with Gasteiger partial charge in [-0.05, 0) is 185 Å². The smallest absolute Gasteiger partial charge is 0.410 e. The predicted octanol–water partition coefficient (Wildman–Crippen LogP) is 14.9. The molecule has 14 rings (SSSR count). The van der Waals surface area contributed by atoms with Gasteiger partial charge in [0.05, 0.1) is 45.5 Å². The molecule has 17 heteroatoms. The Labute approximate surface area is 537 Å². The standard InChI is InChI=1S/C24H28N4O3.C20H21N3O.C19H19N3O2.C12H17N/c1-24(2,3)31-23(30)27-13-5-7-17(14-27)16-9-11-19(12-10-16)28-15-18-6-4-8-20(22(25)29)21(18)26-28;21-20(24)18-8-4-7-16-13-22-23(19(16)18)17-11-9-15(10-12-17)14-5-2-1-3-6-14;23-19(24)17-5-1-3-15-12-22(21-18(15)17)16-8-6-13(7-9-16)14-4-2-10-20-11-14;13-12-8-6-11(7-9-12)10-4-2-1-3-5-10/h4,6,8-12,15,17H,5,7,13-14H2,1-3H3,(H2,25,29);4,7-14H,1-3,5-6H2,(H2,21,24);1,3,5-9,12,14,20H,2,4,10-11H2,(H,23,24);6-10H,1-5,13H2/t17-;;14-;/m1.1./s1. The lowest BCUT2D eigenvalue weighted by Gasteiger charge is -2.34. The third-order valence-corrected chi connectivity index (χ3v) is 18.3. The molecular weight excluding hydrogens is 1150 g/mol. The molecule has 10 aromatic rings. The van der Waals surface area contributed by atoms with E-state index < -0.39 is 23.4 Å². The fourth-order valence-corrected chi connectivity index (χ4v) is 13.4. The molecule has 0 bridgehead atoms. The number of para-hydroxylation sites is 1. The summed E-state index contributed by atoms with van der Waals surface area (Å²) >= 11 is 0. The number of hydrogen-bond acceptors (Lipinski definition) is 10. The van der Waals surface area contributed by atoms with Crippen molar-refractivity contribution in [2.24, 2.45) is 11.5 Å². The summed E-state index contributed by atoms with van der Waals surface area (Å²) in [6, 6.07) is 49.7. The van der Waals surface area contributed by atoms with Gasteiger partial charge in [-0.2, -0.15) is 15.3 Å². The van der Waals surface area contributed by atoms with E-state index in [0.29, 0.717) is 40.5 Å². The van der Waals surface area contributed by atoms with Crippen molar-refractivity contribution in [1.82, 2.24) is 39.6 Å². The SMILES string of the molecule is CC(C)(C)OC(=O)N1CCC[C@@H](c2ccc(-n3cc4cccc(C(N)=O)c4n3)cc2)C1.NC(=O)c1cccc2cnn(-c3ccc(C4CCCCC4)cc3)c12.Nc1ccc(C2CCCCC2)cc1.O=C(O)c1cccc2cn(-c3ccc([C@@H]4CCCNC4)cc3)nc12. The minimum atomic E-state index is -0.953. The van der Waals surface area contributed by atoms with Gasteiger partial charge >= 0.3 is 12.1 Å². The maximum atomic E-state index is 12.4. The number of primary amides is 2. The molecule has 3 aromatic heterocycles. The minimum absolute atomic E-state index is 0.233. The van der Waals surface area contributed by atoms with Gasteiger partial charge in [0, 0.05) is 59.8 Å². The lowest BCUT2D eigenvalue weighted by Crippen LogP contribution is -2.42. The van der Waals surface area contributed by atoms with Crippen molar-refractivity contribution in [2.75, 3.05) is 31.9 Å². The predicted molar refractivity (Wildman–Crippen MR) is 364 cm³/mol. The highest BCUT2D eigenvalue weighted by Crippen LogP contribution is 2.36. The molecule has 3 amide bonds. The van der Waals surface area contributed by atoms with E-state index in [2.05, 4.69) is 93.4 Å². The first kappa shape index (κ1) is 63.9. The zero-order chi connectivity index (χ0) is 64.3. The zero-order valence-electron chi connectivity index (χ0n) is 53.1. The molecule has 2 saturated heterocycles. The zero-order valence-corrected chi connectivity index (χ0v) is 53.1. The van der Waals surface area contributed by atoms with E-state index in [1.54, 1.807) is 55.5 Å². The van der Waals surface area contributed by atoms with Gasteiger partial charge in [-0.15, -0.1) is 0 Å². The van der Waals surface area contributed by atoms with Crippen LogP contribution in [0.25, 0.3) is 49.8 Å². The van der Waals surface area contributed by atoms with Gasteiger partial charge < -0.3 is 37.3 Å². The molecule has 476 valence electrons. The summed E-state index contributed by atoms with van der Waals surface area (Å²) in [4.78, 5) is 49.0. The molecule has 2 aliphatic carbocycles. The van der Waals surface area contributed by atoms with Gasteiger partial charge in [-0.1, -0.05) is 123 Å². The van der Waals surface area contributed by atoms with Crippen molar-refractivity contribution < 1.29 is 29.0 Å². The normalized spacial score (nSPS) is 17.1. The topological polar surface area (TPSA) is 245 Å². The van der Waals surface area contributed by atoms with Crippen molar-refractivity contribution in [3.05, 3.63) is 209 Å². The Bertz CT molecular complexity index is 4140. The molecule has 8 N–H and O–H groups in total.